The minimum absolute atomic E-state index is 0.0815. The van der Waals surface area contributed by atoms with E-state index in [1.807, 2.05) is 0 Å². The number of carbonyl (C=O) groups excluding carboxylic acids is 2. The number of nitrogens with two attached hydrogens (primary N) is 1. The standard InChI is InChI=1S/C20H18N4O4/c21-19(26)12-3-5-13(6-4-12)22-18(25)11-28-14-7-8-16-15(10-14)20(27)24-9-1-2-17(24)23-16/h3-8,10H,1-2,9,11H2,(H2,21,26)(H,22,25). The number of aryl methyl sites for hydroxylation is 1. The fourth-order valence-electron chi connectivity index (χ4n) is 3.22. The predicted octanol–water partition coefficient (Wildman–Crippen LogP) is 1.46. The molecular weight excluding hydrogens is 360 g/mol. The maximum atomic E-state index is 12.6. The third-order valence-electron chi connectivity index (χ3n) is 4.61. The summed E-state index contributed by atoms with van der Waals surface area (Å²) in [5, 5.41) is 3.14. The molecule has 1 aliphatic rings. The molecule has 2 amide bonds. The summed E-state index contributed by atoms with van der Waals surface area (Å²) in [5.41, 5.74) is 6.61. The summed E-state index contributed by atoms with van der Waals surface area (Å²) in [6.07, 6.45) is 1.73. The van der Waals surface area contributed by atoms with E-state index in [1.54, 1.807) is 34.9 Å². The molecule has 0 radical (unpaired) electrons. The zero-order chi connectivity index (χ0) is 19.7. The number of hydrogen-bond donors (Lipinski definition) is 2. The lowest BCUT2D eigenvalue weighted by atomic mass is 10.2. The van der Waals surface area contributed by atoms with Crippen molar-refractivity contribution in [1.29, 1.82) is 0 Å². The van der Waals surface area contributed by atoms with Gasteiger partial charge in [-0.25, -0.2) is 4.98 Å². The van der Waals surface area contributed by atoms with Crippen LogP contribution in [0, 0.1) is 0 Å². The second-order valence-corrected chi connectivity index (χ2v) is 6.55. The molecule has 0 saturated heterocycles. The number of fused-ring (bicyclic) bond motifs is 2. The van der Waals surface area contributed by atoms with Crippen molar-refractivity contribution in [2.75, 3.05) is 11.9 Å². The van der Waals surface area contributed by atoms with Crippen LogP contribution in [0.25, 0.3) is 10.9 Å². The molecule has 2 heterocycles. The summed E-state index contributed by atoms with van der Waals surface area (Å²) >= 11 is 0. The van der Waals surface area contributed by atoms with Gasteiger partial charge in [0.05, 0.1) is 10.9 Å². The molecule has 1 aliphatic heterocycles. The van der Waals surface area contributed by atoms with E-state index in [9.17, 15) is 14.4 Å². The van der Waals surface area contributed by atoms with Gasteiger partial charge >= 0.3 is 0 Å². The van der Waals surface area contributed by atoms with Crippen molar-refractivity contribution in [1.82, 2.24) is 9.55 Å². The van der Waals surface area contributed by atoms with Gasteiger partial charge in [0.25, 0.3) is 11.5 Å². The van der Waals surface area contributed by atoms with Gasteiger partial charge in [-0.1, -0.05) is 0 Å². The summed E-state index contributed by atoms with van der Waals surface area (Å²) in [7, 11) is 0. The molecule has 0 aliphatic carbocycles. The molecule has 28 heavy (non-hydrogen) atoms. The molecule has 2 aromatic carbocycles. The Labute approximate surface area is 159 Å². The molecule has 0 saturated carbocycles. The van der Waals surface area contributed by atoms with Gasteiger partial charge in [0, 0.05) is 24.2 Å². The van der Waals surface area contributed by atoms with E-state index in [0.29, 0.717) is 34.4 Å². The second-order valence-electron chi connectivity index (χ2n) is 6.55. The molecular formula is C20H18N4O4. The monoisotopic (exact) mass is 378 g/mol. The number of hydrogen-bond acceptors (Lipinski definition) is 5. The lowest BCUT2D eigenvalue weighted by Crippen LogP contribution is -2.22. The number of benzene rings is 2. The first-order valence-corrected chi connectivity index (χ1v) is 8.87. The number of amides is 2. The van der Waals surface area contributed by atoms with Crippen LogP contribution in [0.4, 0.5) is 5.69 Å². The molecule has 8 heteroatoms. The van der Waals surface area contributed by atoms with Crippen molar-refractivity contribution in [3.05, 3.63) is 64.2 Å². The third-order valence-corrected chi connectivity index (χ3v) is 4.61. The van der Waals surface area contributed by atoms with Gasteiger partial charge in [-0.3, -0.25) is 19.0 Å². The molecule has 142 valence electrons. The normalized spacial score (nSPS) is 12.6. The SMILES string of the molecule is NC(=O)c1ccc(NC(=O)COc2ccc3nc4n(c(=O)c3c2)CCC4)cc1. The number of primary amides is 1. The number of nitrogens with zero attached hydrogens (tertiary/aromatic N) is 2. The van der Waals surface area contributed by atoms with Gasteiger partial charge < -0.3 is 15.8 Å². The highest BCUT2D eigenvalue weighted by Crippen LogP contribution is 2.20. The van der Waals surface area contributed by atoms with Crippen LogP contribution in [0.1, 0.15) is 22.6 Å². The molecule has 0 spiro atoms. The molecule has 8 nitrogen and oxygen atoms in total. The Kier molecular flexibility index (Phi) is 4.52. The minimum atomic E-state index is -0.534. The molecule has 0 fully saturated rings. The number of nitrogens with one attached hydrogen (secondary N) is 1. The van der Waals surface area contributed by atoms with Gasteiger partial charge in [-0.05, 0) is 48.9 Å². The number of ether oxygens (including phenoxy) is 1. The first kappa shape index (κ1) is 17.7. The molecule has 4 rings (SSSR count). The van der Waals surface area contributed by atoms with E-state index in [1.165, 1.54) is 12.1 Å². The summed E-state index contributed by atoms with van der Waals surface area (Å²) in [4.78, 5) is 40.2. The van der Waals surface area contributed by atoms with Gasteiger partial charge in [-0.15, -0.1) is 0 Å². The van der Waals surface area contributed by atoms with E-state index >= 15 is 0 Å². The molecule has 3 N–H and O–H groups in total. The largest absolute Gasteiger partial charge is 0.484 e. The molecule has 0 atom stereocenters. The van der Waals surface area contributed by atoms with Crippen LogP contribution in [0.3, 0.4) is 0 Å². The van der Waals surface area contributed by atoms with Gasteiger partial charge in [0.2, 0.25) is 5.91 Å². The number of anilines is 1. The minimum Gasteiger partial charge on any atom is -0.484 e. The average molecular weight is 378 g/mol. The van der Waals surface area contributed by atoms with Crippen molar-refractivity contribution in [3.8, 4) is 5.75 Å². The van der Waals surface area contributed by atoms with Crippen molar-refractivity contribution >= 4 is 28.4 Å². The summed E-state index contributed by atoms with van der Waals surface area (Å²) < 4.78 is 7.21. The predicted molar refractivity (Wildman–Crippen MR) is 103 cm³/mol. The van der Waals surface area contributed by atoms with E-state index in [-0.39, 0.29) is 18.1 Å². The quantitative estimate of drug-likeness (QED) is 0.697. The second kappa shape index (κ2) is 7.15. The van der Waals surface area contributed by atoms with Gasteiger partial charge in [-0.2, -0.15) is 0 Å². The Hall–Kier alpha value is -3.68. The van der Waals surface area contributed by atoms with Crippen LogP contribution in [0.15, 0.2) is 47.3 Å². The van der Waals surface area contributed by atoms with E-state index in [0.717, 1.165) is 18.7 Å². The summed E-state index contributed by atoms with van der Waals surface area (Å²) in [5.74, 6) is 0.335. The fourth-order valence-corrected chi connectivity index (χ4v) is 3.22. The third kappa shape index (κ3) is 3.44. The zero-order valence-electron chi connectivity index (χ0n) is 15.0. The lowest BCUT2D eigenvalue weighted by Gasteiger charge is -2.09. The smallest absolute Gasteiger partial charge is 0.262 e. The molecule has 0 unspecified atom stereocenters. The maximum Gasteiger partial charge on any atom is 0.262 e. The van der Waals surface area contributed by atoms with Crippen LogP contribution in [-0.4, -0.2) is 28.0 Å². The Balaban J connectivity index is 1.44. The highest BCUT2D eigenvalue weighted by Gasteiger charge is 2.16. The average Bonchev–Trinajstić information content (AvgIpc) is 3.16. The van der Waals surface area contributed by atoms with E-state index < -0.39 is 5.91 Å². The van der Waals surface area contributed by atoms with E-state index in [4.69, 9.17) is 10.5 Å². The molecule has 3 aromatic rings. The zero-order valence-corrected chi connectivity index (χ0v) is 15.0. The van der Waals surface area contributed by atoms with Crippen LogP contribution in [-0.2, 0) is 17.8 Å². The van der Waals surface area contributed by atoms with Crippen molar-refractivity contribution in [2.45, 2.75) is 19.4 Å². The Bertz CT molecular complexity index is 1140. The van der Waals surface area contributed by atoms with E-state index in [2.05, 4.69) is 10.3 Å². The number of rotatable bonds is 5. The molecule has 0 bridgehead atoms. The highest BCUT2D eigenvalue weighted by molar-refractivity contribution is 5.95. The maximum absolute atomic E-state index is 12.6. The van der Waals surface area contributed by atoms with Gasteiger partial charge in [0.15, 0.2) is 6.61 Å². The topological polar surface area (TPSA) is 116 Å². The fraction of sp³-hybridized carbons (Fsp3) is 0.200. The summed E-state index contributed by atoms with van der Waals surface area (Å²) in [6, 6.07) is 11.3. The Morgan fingerprint density at radius 2 is 1.96 bits per heavy atom. The first-order valence-electron chi connectivity index (χ1n) is 8.87. The van der Waals surface area contributed by atoms with Gasteiger partial charge in [0.1, 0.15) is 11.6 Å². The van der Waals surface area contributed by atoms with Crippen molar-refractivity contribution in [3.63, 3.8) is 0 Å². The summed E-state index contributed by atoms with van der Waals surface area (Å²) in [6.45, 7) is 0.460. The Morgan fingerprint density at radius 1 is 1.18 bits per heavy atom. The molecule has 1 aromatic heterocycles. The van der Waals surface area contributed by atoms with Crippen LogP contribution in [0.2, 0.25) is 0 Å². The van der Waals surface area contributed by atoms with Crippen molar-refractivity contribution < 1.29 is 14.3 Å². The number of aromatic nitrogens is 2. The Morgan fingerprint density at radius 3 is 2.71 bits per heavy atom. The van der Waals surface area contributed by atoms with Crippen molar-refractivity contribution in [2.24, 2.45) is 5.73 Å². The van der Waals surface area contributed by atoms with Crippen LogP contribution >= 0.6 is 0 Å². The highest BCUT2D eigenvalue weighted by atomic mass is 16.5. The lowest BCUT2D eigenvalue weighted by molar-refractivity contribution is -0.118. The van der Waals surface area contributed by atoms with Crippen LogP contribution in [0.5, 0.6) is 5.75 Å². The first-order chi connectivity index (χ1) is 13.5. The number of carbonyl (C=O) groups is 2. The van der Waals surface area contributed by atoms with Crippen LogP contribution < -0.4 is 21.3 Å².